The first-order chi connectivity index (χ1) is 7.85. The van der Waals surface area contributed by atoms with Gasteiger partial charge in [0.15, 0.2) is 0 Å². The molecule has 0 aliphatic heterocycles. The minimum Gasteiger partial charge on any atom is -0.465 e. The van der Waals surface area contributed by atoms with Crippen LogP contribution in [0.15, 0.2) is 0 Å². The number of carbonyl (C=O) groups excluding carboxylic acids is 1. The van der Waals surface area contributed by atoms with Crippen LogP contribution in [0.2, 0.25) is 0 Å². The molecule has 0 fully saturated rings. The molecule has 1 N–H and O–H groups in total. The first kappa shape index (κ1) is 16.4. The molecule has 0 rings (SSSR count). The van der Waals surface area contributed by atoms with E-state index in [9.17, 15) is 4.79 Å². The van der Waals surface area contributed by atoms with Crippen LogP contribution in [0.5, 0.6) is 0 Å². The molecule has 0 aliphatic carbocycles. The molecule has 0 saturated heterocycles. The van der Waals surface area contributed by atoms with Gasteiger partial charge < -0.3 is 10.1 Å². The van der Waals surface area contributed by atoms with Gasteiger partial charge in [-0.3, -0.25) is 4.79 Å². The Morgan fingerprint density at radius 2 is 1.88 bits per heavy atom. The van der Waals surface area contributed by atoms with E-state index in [2.05, 4.69) is 39.9 Å². The third-order valence-electron chi connectivity index (χ3n) is 3.52. The van der Waals surface area contributed by atoms with E-state index in [1.54, 1.807) is 0 Å². The van der Waals surface area contributed by atoms with Crippen LogP contribution < -0.4 is 5.32 Å². The van der Waals surface area contributed by atoms with Crippen molar-refractivity contribution >= 4 is 5.97 Å². The summed E-state index contributed by atoms with van der Waals surface area (Å²) in [5, 5.41) is 3.35. The van der Waals surface area contributed by atoms with Gasteiger partial charge in [-0.05, 0) is 24.7 Å². The van der Waals surface area contributed by atoms with Crippen LogP contribution in [0.4, 0.5) is 0 Å². The maximum absolute atomic E-state index is 11.7. The molecule has 3 nitrogen and oxygen atoms in total. The zero-order valence-corrected chi connectivity index (χ0v) is 12.3. The van der Waals surface area contributed by atoms with Crippen LogP contribution in [0.3, 0.4) is 0 Å². The van der Waals surface area contributed by atoms with E-state index < -0.39 is 0 Å². The molecule has 0 bridgehead atoms. The molecule has 0 heterocycles. The van der Waals surface area contributed by atoms with Crippen molar-refractivity contribution in [3.63, 3.8) is 0 Å². The minimum atomic E-state index is -0.155. The molecular weight excluding hydrogens is 214 g/mol. The second-order valence-corrected chi connectivity index (χ2v) is 5.62. The number of rotatable bonds is 8. The summed E-state index contributed by atoms with van der Waals surface area (Å²) in [5.41, 5.74) is 0.193. The number of hydrogen-bond donors (Lipinski definition) is 1. The quantitative estimate of drug-likeness (QED) is 0.666. The Kier molecular flexibility index (Phi) is 7.44. The molecule has 0 amide bonds. The highest BCUT2D eigenvalue weighted by Gasteiger charge is 2.26. The molecule has 17 heavy (non-hydrogen) atoms. The third kappa shape index (κ3) is 6.06. The Labute approximate surface area is 106 Å². The van der Waals surface area contributed by atoms with E-state index in [1.807, 2.05) is 6.92 Å². The fourth-order valence-corrected chi connectivity index (χ4v) is 1.43. The summed E-state index contributed by atoms with van der Waals surface area (Å²) >= 11 is 0. The van der Waals surface area contributed by atoms with Crippen LogP contribution >= 0.6 is 0 Å². The van der Waals surface area contributed by atoms with Crippen molar-refractivity contribution in [3.8, 4) is 0 Å². The molecule has 1 atom stereocenters. The second-order valence-electron chi connectivity index (χ2n) is 5.62. The van der Waals surface area contributed by atoms with Gasteiger partial charge in [0.2, 0.25) is 0 Å². The zero-order valence-electron chi connectivity index (χ0n) is 12.3. The maximum atomic E-state index is 11.7. The average molecular weight is 243 g/mol. The number of ether oxygens (including phenoxy) is 1. The topological polar surface area (TPSA) is 38.3 Å². The van der Waals surface area contributed by atoms with Crippen LogP contribution in [0.1, 0.15) is 54.4 Å². The number of hydrogen-bond acceptors (Lipinski definition) is 3. The molecule has 1 unspecified atom stereocenters. The molecule has 0 aromatic rings. The van der Waals surface area contributed by atoms with E-state index in [0.717, 1.165) is 19.4 Å². The summed E-state index contributed by atoms with van der Waals surface area (Å²) in [6, 6.07) is -0.155. The van der Waals surface area contributed by atoms with Crippen molar-refractivity contribution < 1.29 is 9.53 Å². The molecule has 102 valence electrons. The molecular formula is C14H29NO2. The Balaban J connectivity index is 4.31. The van der Waals surface area contributed by atoms with Crippen molar-refractivity contribution in [2.24, 2.45) is 11.3 Å². The van der Waals surface area contributed by atoms with Crippen LogP contribution in [-0.4, -0.2) is 25.2 Å². The van der Waals surface area contributed by atoms with Gasteiger partial charge >= 0.3 is 5.97 Å². The third-order valence-corrected chi connectivity index (χ3v) is 3.52. The molecule has 0 spiro atoms. The molecule has 3 heteroatoms. The van der Waals surface area contributed by atoms with E-state index in [1.165, 1.54) is 0 Å². The van der Waals surface area contributed by atoms with Crippen molar-refractivity contribution in [2.45, 2.75) is 60.4 Å². The van der Waals surface area contributed by atoms with Crippen molar-refractivity contribution in [1.82, 2.24) is 5.32 Å². The van der Waals surface area contributed by atoms with Gasteiger partial charge in [0.05, 0.1) is 6.61 Å². The normalized spacial score (nSPS) is 13.8. The summed E-state index contributed by atoms with van der Waals surface area (Å²) in [6.07, 6.45) is 1.82. The fraction of sp³-hybridized carbons (Fsp3) is 0.929. The van der Waals surface area contributed by atoms with Gasteiger partial charge in [0.1, 0.15) is 6.04 Å². The summed E-state index contributed by atoms with van der Waals surface area (Å²) in [6.45, 7) is 14.1. The van der Waals surface area contributed by atoms with E-state index >= 15 is 0 Å². The lowest BCUT2D eigenvalue weighted by Crippen LogP contribution is -2.44. The second kappa shape index (κ2) is 7.70. The first-order valence-corrected chi connectivity index (χ1v) is 6.75. The monoisotopic (exact) mass is 243 g/mol. The average Bonchev–Trinajstić information content (AvgIpc) is 2.24. The summed E-state index contributed by atoms with van der Waals surface area (Å²) in [5.74, 6) is 0.466. The first-order valence-electron chi connectivity index (χ1n) is 6.75. The SMILES string of the molecule is CCCC(NCC(C)(C)C(C)C)C(=O)OCC. The predicted molar refractivity (Wildman–Crippen MR) is 72.0 cm³/mol. The van der Waals surface area contributed by atoms with Crippen molar-refractivity contribution in [1.29, 1.82) is 0 Å². The Morgan fingerprint density at radius 1 is 1.29 bits per heavy atom. The standard InChI is InChI=1S/C14H29NO2/c1-7-9-12(13(16)17-8-2)15-10-14(5,6)11(3)4/h11-12,15H,7-10H2,1-6H3. The van der Waals surface area contributed by atoms with E-state index in [-0.39, 0.29) is 17.4 Å². The molecule has 0 saturated carbocycles. The summed E-state index contributed by atoms with van der Waals surface area (Å²) in [7, 11) is 0. The van der Waals surface area contributed by atoms with Crippen molar-refractivity contribution in [3.05, 3.63) is 0 Å². The van der Waals surface area contributed by atoms with E-state index in [4.69, 9.17) is 4.74 Å². The van der Waals surface area contributed by atoms with Gasteiger partial charge in [-0.15, -0.1) is 0 Å². The smallest absolute Gasteiger partial charge is 0.323 e. The van der Waals surface area contributed by atoms with Gasteiger partial charge in [-0.25, -0.2) is 0 Å². The highest BCUT2D eigenvalue weighted by Crippen LogP contribution is 2.25. The van der Waals surface area contributed by atoms with Gasteiger partial charge in [-0.2, -0.15) is 0 Å². The van der Waals surface area contributed by atoms with E-state index in [0.29, 0.717) is 12.5 Å². The summed E-state index contributed by atoms with van der Waals surface area (Å²) in [4.78, 5) is 11.7. The number of nitrogens with one attached hydrogen (secondary N) is 1. The lowest BCUT2D eigenvalue weighted by molar-refractivity contribution is -0.146. The Hall–Kier alpha value is -0.570. The highest BCUT2D eigenvalue weighted by molar-refractivity contribution is 5.75. The molecule has 0 aromatic heterocycles. The molecule has 0 aromatic carbocycles. The Morgan fingerprint density at radius 3 is 2.29 bits per heavy atom. The fourth-order valence-electron chi connectivity index (χ4n) is 1.43. The van der Waals surface area contributed by atoms with Gasteiger partial charge in [-0.1, -0.05) is 41.0 Å². The lowest BCUT2D eigenvalue weighted by atomic mass is 9.81. The summed E-state index contributed by atoms with van der Waals surface area (Å²) < 4.78 is 5.08. The minimum absolute atomic E-state index is 0.117. The predicted octanol–water partition coefficient (Wildman–Crippen LogP) is 2.99. The number of esters is 1. The van der Waals surface area contributed by atoms with Crippen LogP contribution in [-0.2, 0) is 9.53 Å². The zero-order chi connectivity index (χ0) is 13.5. The highest BCUT2D eigenvalue weighted by atomic mass is 16.5. The lowest BCUT2D eigenvalue weighted by Gasteiger charge is -2.31. The van der Waals surface area contributed by atoms with Gasteiger partial charge in [0, 0.05) is 6.54 Å². The maximum Gasteiger partial charge on any atom is 0.323 e. The largest absolute Gasteiger partial charge is 0.465 e. The Bertz CT molecular complexity index is 224. The molecule has 0 radical (unpaired) electrons. The van der Waals surface area contributed by atoms with Crippen molar-refractivity contribution in [2.75, 3.05) is 13.2 Å². The van der Waals surface area contributed by atoms with Gasteiger partial charge in [0.25, 0.3) is 0 Å². The number of carbonyl (C=O) groups is 1. The van der Waals surface area contributed by atoms with Crippen LogP contribution in [0, 0.1) is 11.3 Å². The molecule has 0 aliphatic rings. The van der Waals surface area contributed by atoms with Crippen LogP contribution in [0.25, 0.3) is 0 Å².